The quantitative estimate of drug-likeness (QED) is 0.445. The van der Waals surface area contributed by atoms with Gasteiger partial charge in [-0.15, -0.1) is 11.8 Å². The minimum atomic E-state index is 0.516. The molecule has 2 nitrogen and oxygen atoms in total. The van der Waals surface area contributed by atoms with Crippen molar-refractivity contribution in [1.82, 2.24) is 4.90 Å². The summed E-state index contributed by atoms with van der Waals surface area (Å²) >= 11 is 0. The number of nitrogens with zero attached hydrogens (tertiary/aromatic N) is 2. The van der Waals surface area contributed by atoms with Gasteiger partial charge >= 0.3 is 0 Å². The van der Waals surface area contributed by atoms with Crippen molar-refractivity contribution in [3.63, 3.8) is 0 Å². The van der Waals surface area contributed by atoms with Gasteiger partial charge < -0.3 is 0 Å². The summed E-state index contributed by atoms with van der Waals surface area (Å²) in [6.07, 6.45) is 0.867. The Bertz CT molecular complexity index is 180. The molecule has 0 aromatic rings. The summed E-state index contributed by atoms with van der Waals surface area (Å²) in [6.45, 7) is 6.24. The molecule has 11 heavy (non-hydrogen) atoms. The average molecular weight is 150 g/mol. The van der Waals surface area contributed by atoms with E-state index in [1.807, 2.05) is 6.92 Å². The molecular formula is C9H14N2. The SMILES string of the molecule is CC#CCCN(CC)CC#N. The smallest absolute Gasteiger partial charge is 0.0866 e. The van der Waals surface area contributed by atoms with E-state index in [0.29, 0.717) is 6.54 Å². The maximum absolute atomic E-state index is 8.40. The highest BCUT2D eigenvalue weighted by molar-refractivity contribution is 4.95. The van der Waals surface area contributed by atoms with Crippen LogP contribution in [0.2, 0.25) is 0 Å². The Hall–Kier alpha value is -0.990. The molecule has 0 saturated heterocycles. The maximum atomic E-state index is 8.40. The zero-order valence-corrected chi connectivity index (χ0v) is 7.22. The Morgan fingerprint density at radius 2 is 2.18 bits per heavy atom. The van der Waals surface area contributed by atoms with Crippen molar-refractivity contribution in [3.8, 4) is 17.9 Å². The molecule has 0 rings (SSSR count). The van der Waals surface area contributed by atoms with E-state index in [0.717, 1.165) is 19.5 Å². The van der Waals surface area contributed by atoms with E-state index in [4.69, 9.17) is 5.26 Å². The average Bonchev–Trinajstić information content (AvgIpc) is 2.03. The van der Waals surface area contributed by atoms with Crippen LogP contribution in [0.3, 0.4) is 0 Å². The Balaban J connectivity index is 3.50. The van der Waals surface area contributed by atoms with Crippen molar-refractivity contribution in [1.29, 1.82) is 5.26 Å². The van der Waals surface area contributed by atoms with Crippen LogP contribution in [0, 0.1) is 23.2 Å². The number of hydrogen-bond donors (Lipinski definition) is 0. The molecule has 0 N–H and O–H groups in total. The van der Waals surface area contributed by atoms with Crippen molar-refractivity contribution in [2.45, 2.75) is 20.3 Å². The number of hydrogen-bond acceptors (Lipinski definition) is 2. The zero-order valence-electron chi connectivity index (χ0n) is 7.22. The van der Waals surface area contributed by atoms with Gasteiger partial charge in [0.25, 0.3) is 0 Å². The Morgan fingerprint density at radius 3 is 2.64 bits per heavy atom. The second kappa shape index (κ2) is 7.12. The van der Waals surface area contributed by atoms with Crippen molar-refractivity contribution in [2.24, 2.45) is 0 Å². The molecule has 0 aromatic heterocycles. The van der Waals surface area contributed by atoms with Crippen LogP contribution in [-0.4, -0.2) is 24.5 Å². The van der Waals surface area contributed by atoms with Crippen LogP contribution in [0.4, 0.5) is 0 Å². The Morgan fingerprint density at radius 1 is 1.45 bits per heavy atom. The van der Waals surface area contributed by atoms with Crippen LogP contribution in [0.1, 0.15) is 20.3 Å². The van der Waals surface area contributed by atoms with E-state index in [9.17, 15) is 0 Å². The van der Waals surface area contributed by atoms with E-state index in [-0.39, 0.29) is 0 Å². The van der Waals surface area contributed by atoms with Gasteiger partial charge in [-0.2, -0.15) is 5.26 Å². The van der Waals surface area contributed by atoms with Gasteiger partial charge in [-0.05, 0) is 13.5 Å². The number of rotatable bonds is 4. The van der Waals surface area contributed by atoms with E-state index in [1.54, 1.807) is 0 Å². The van der Waals surface area contributed by atoms with Gasteiger partial charge in [-0.25, -0.2) is 0 Å². The summed E-state index contributed by atoms with van der Waals surface area (Å²) in [5, 5.41) is 8.40. The highest BCUT2D eigenvalue weighted by Gasteiger charge is 1.97. The summed E-state index contributed by atoms with van der Waals surface area (Å²) < 4.78 is 0. The first-order valence-electron chi connectivity index (χ1n) is 3.84. The standard InChI is InChI=1S/C9H14N2/c1-3-5-6-8-11(4-2)9-7-10/h4,6,8-9H2,1-2H3. The summed E-state index contributed by atoms with van der Waals surface area (Å²) in [7, 11) is 0. The topological polar surface area (TPSA) is 27.0 Å². The monoisotopic (exact) mass is 150 g/mol. The molecule has 2 heteroatoms. The molecule has 0 unspecified atom stereocenters. The predicted octanol–water partition coefficient (Wildman–Crippen LogP) is 1.25. The molecule has 60 valence electrons. The van der Waals surface area contributed by atoms with Gasteiger partial charge in [0, 0.05) is 13.0 Å². The van der Waals surface area contributed by atoms with Crippen LogP contribution < -0.4 is 0 Å². The van der Waals surface area contributed by atoms with Crippen molar-refractivity contribution in [3.05, 3.63) is 0 Å². The largest absolute Gasteiger partial charge is 0.290 e. The van der Waals surface area contributed by atoms with Gasteiger partial charge in [0.1, 0.15) is 0 Å². The lowest BCUT2D eigenvalue weighted by Crippen LogP contribution is -2.24. The zero-order chi connectivity index (χ0) is 8.53. The van der Waals surface area contributed by atoms with E-state index >= 15 is 0 Å². The first kappa shape index (κ1) is 10.0. The van der Waals surface area contributed by atoms with Crippen LogP contribution in [-0.2, 0) is 0 Å². The minimum Gasteiger partial charge on any atom is -0.290 e. The minimum absolute atomic E-state index is 0.516. The van der Waals surface area contributed by atoms with Crippen molar-refractivity contribution >= 4 is 0 Å². The Labute approximate surface area is 68.8 Å². The first-order chi connectivity index (χ1) is 5.35. The normalized spacial score (nSPS) is 8.55. The second-order valence-electron chi connectivity index (χ2n) is 2.20. The second-order valence-corrected chi connectivity index (χ2v) is 2.20. The van der Waals surface area contributed by atoms with Crippen LogP contribution in [0.5, 0.6) is 0 Å². The third-order valence-electron chi connectivity index (χ3n) is 1.47. The third-order valence-corrected chi connectivity index (χ3v) is 1.47. The molecule has 0 radical (unpaired) electrons. The molecule has 0 amide bonds. The van der Waals surface area contributed by atoms with Crippen molar-refractivity contribution < 1.29 is 0 Å². The van der Waals surface area contributed by atoms with Crippen LogP contribution >= 0.6 is 0 Å². The van der Waals surface area contributed by atoms with E-state index < -0.39 is 0 Å². The summed E-state index contributed by atoms with van der Waals surface area (Å²) in [6, 6.07) is 2.12. The number of nitriles is 1. The summed E-state index contributed by atoms with van der Waals surface area (Å²) in [5.41, 5.74) is 0. The molecule has 0 aliphatic rings. The Kier molecular flexibility index (Phi) is 6.48. The van der Waals surface area contributed by atoms with Crippen molar-refractivity contribution in [2.75, 3.05) is 19.6 Å². The predicted molar refractivity (Wildman–Crippen MR) is 45.8 cm³/mol. The van der Waals surface area contributed by atoms with Gasteiger partial charge in [-0.1, -0.05) is 6.92 Å². The first-order valence-corrected chi connectivity index (χ1v) is 3.84. The fourth-order valence-electron chi connectivity index (χ4n) is 0.788. The molecule has 0 spiro atoms. The fourth-order valence-corrected chi connectivity index (χ4v) is 0.788. The molecule has 0 heterocycles. The lowest BCUT2D eigenvalue weighted by atomic mass is 10.3. The van der Waals surface area contributed by atoms with Gasteiger partial charge in [0.2, 0.25) is 0 Å². The van der Waals surface area contributed by atoms with E-state index in [2.05, 4.69) is 29.7 Å². The molecule has 0 bridgehead atoms. The molecule has 0 aromatic carbocycles. The highest BCUT2D eigenvalue weighted by Crippen LogP contribution is 1.88. The molecule has 0 saturated carbocycles. The van der Waals surface area contributed by atoms with Gasteiger partial charge in [0.05, 0.1) is 12.6 Å². The molecule has 0 aliphatic carbocycles. The molecule has 0 atom stereocenters. The van der Waals surface area contributed by atoms with E-state index in [1.165, 1.54) is 0 Å². The third kappa shape index (κ3) is 5.45. The lowest BCUT2D eigenvalue weighted by Gasteiger charge is -2.13. The fraction of sp³-hybridized carbons (Fsp3) is 0.667. The maximum Gasteiger partial charge on any atom is 0.0866 e. The molecular weight excluding hydrogens is 136 g/mol. The molecule has 0 aliphatic heterocycles. The van der Waals surface area contributed by atoms with Crippen LogP contribution in [0.15, 0.2) is 0 Å². The van der Waals surface area contributed by atoms with Gasteiger partial charge in [0.15, 0.2) is 0 Å². The molecule has 0 fully saturated rings. The van der Waals surface area contributed by atoms with Crippen LogP contribution in [0.25, 0.3) is 0 Å². The lowest BCUT2D eigenvalue weighted by molar-refractivity contribution is 0.331. The highest BCUT2D eigenvalue weighted by atomic mass is 15.1. The van der Waals surface area contributed by atoms with Gasteiger partial charge in [-0.3, -0.25) is 4.90 Å². The summed E-state index contributed by atoms with van der Waals surface area (Å²) in [4.78, 5) is 2.07. The summed E-state index contributed by atoms with van der Waals surface area (Å²) in [5.74, 6) is 5.80.